The molecule has 0 saturated carbocycles. The topological polar surface area (TPSA) is 35.5 Å². The van der Waals surface area contributed by atoms with Gasteiger partial charge in [0.1, 0.15) is 11.4 Å². The van der Waals surface area contributed by atoms with Gasteiger partial charge in [-0.2, -0.15) is 0 Å². The van der Waals surface area contributed by atoms with Crippen LogP contribution in [0.5, 0.6) is 5.75 Å². The molecule has 0 fully saturated rings. The molecule has 4 heteroatoms. The number of hydrogen-bond donors (Lipinski definition) is 0. The fourth-order valence-electron chi connectivity index (χ4n) is 3.29. The molecule has 1 heterocycles. The van der Waals surface area contributed by atoms with Crippen LogP contribution in [0.2, 0.25) is 0 Å². The Hall–Kier alpha value is -1.94. The van der Waals surface area contributed by atoms with Gasteiger partial charge >= 0.3 is 5.97 Å². The van der Waals surface area contributed by atoms with Crippen molar-refractivity contribution in [3.8, 4) is 5.75 Å². The third-order valence-corrected chi connectivity index (χ3v) is 5.75. The lowest BCUT2D eigenvalue weighted by Crippen LogP contribution is -2.24. The normalized spacial score (nSPS) is 16.4. The summed E-state index contributed by atoms with van der Waals surface area (Å²) in [5, 5.41) is 0. The summed E-state index contributed by atoms with van der Waals surface area (Å²) in [7, 11) is 0. The summed E-state index contributed by atoms with van der Waals surface area (Å²) < 4.78 is 11.4. The first-order chi connectivity index (χ1) is 12.8. The molecule has 2 aromatic rings. The molecule has 2 aromatic carbocycles. The van der Waals surface area contributed by atoms with Gasteiger partial charge in [0.05, 0.1) is 6.61 Å². The lowest BCUT2D eigenvalue weighted by atomic mass is 9.89. The molecule has 3 nitrogen and oxygen atoms in total. The molecule has 1 unspecified atom stereocenters. The molecular weight excluding hydrogens is 356 g/mol. The standard InChI is InChI=1S/C23H28O3S/c1-16-7-5-6-8-21(16)27-18-10-11-19-17(13-14-25-20(19)15-18)9-12-22(24)26-23(2,3)4/h5-8,10-11,15,17H,9,12-14H2,1-4H3. The SMILES string of the molecule is Cc1ccccc1Sc1ccc2c(c1)OCCC2CCC(=O)OC(C)(C)C. The summed E-state index contributed by atoms with van der Waals surface area (Å²) in [4.78, 5) is 14.5. The maximum atomic E-state index is 12.0. The van der Waals surface area contributed by atoms with Crippen molar-refractivity contribution >= 4 is 17.7 Å². The van der Waals surface area contributed by atoms with Crippen LogP contribution in [-0.2, 0) is 9.53 Å². The molecular formula is C23H28O3S. The molecule has 0 aromatic heterocycles. The van der Waals surface area contributed by atoms with Crippen molar-refractivity contribution in [2.45, 2.75) is 68.3 Å². The van der Waals surface area contributed by atoms with Crippen LogP contribution in [0, 0.1) is 6.92 Å². The molecule has 27 heavy (non-hydrogen) atoms. The van der Waals surface area contributed by atoms with Crippen LogP contribution < -0.4 is 4.74 Å². The molecule has 0 N–H and O–H groups in total. The summed E-state index contributed by atoms with van der Waals surface area (Å²) in [5.41, 5.74) is 2.06. The number of esters is 1. The quantitative estimate of drug-likeness (QED) is 0.581. The average Bonchev–Trinajstić information content (AvgIpc) is 2.60. The van der Waals surface area contributed by atoms with Crippen molar-refractivity contribution in [2.24, 2.45) is 0 Å². The van der Waals surface area contributed by atoms with Crippen molar-refractivity contribution < 1.29 is 14.3 Å². The maximum absolute atomic E-state index is 12.0. The zero-order chi connectivity index (χ0) is 19.4. The Morgan fingerprint density at radius 2 is 2.00 bits per heavy atom. The summed E-state index contributed by atoms with van der Waals surface area (Å²) in [6.45, 7) is 8.54. The second-order valence-electron chi connectivity index (χ2n) is 8.03. The maximum Gasteiger partial charge on any atom is 0.306 e. The minimum absolute atomic E-state index is 0.123. The minimum atomic E-state index is -0.424. The second-order valence-corrected chi connectivity index (χ2v) is 9.14. The molecule has 0 aliphatic carbocycles. The van der Waals surface area contributed by atoms with E-state index in [-0.39, 0.29) is 5.97 Å². The van der Waals surface area contributed by atoms with Gasteiger partial charge < -0.3 is 9.47 Å². The number of carbonyl (C=O) groups excluding carboxylic acids is 1. The summed E-state index contributed by atoms with van der Waals surface area (Å²) in [5.74, 6) is 1.18. The Morgan fingerprint density at radius 3 is 2.74 bits per heavy atom. The fraction of sp³-hybridized carbons (Fsp3) is 0.435. The lowest BCUT2D eigenvalue weighted by Gasteiger charge is -2.27. The van der Waals surface area contributed by atoms with Gasteiger partial charge in [-0.25, -0.2) is 0 Å². The summed E-state index contributed by atoms with van der Waals surface area (Å²) in [6, 6.07) is 14.8. The Bertz CT molecular complexity index is 808. The van der Waals surface area contributed by atoms with Gasteiger partial charge in [-0.15, -0.1) is 0 Å². The number of hydrogen-bond acceptors (Lipinski definition) is 4. The first-order valence-electron chi connectivity index (χ1n) is 9.54. The van der Waals surface area contributed by atoms with E-state index in [1.165, 1.54) is 20.9 Å². The van der Waals surface area contributed by atoms with E-state index >= 15 is 0 Å². The van der Waals surface area contributed by atoms with Gasteiger partial charge in [-0.3, -0.25) is 4.79 Å². The third kappa shape index (κ3) is 5.52. The van der Waals surface area contributed by atoms with E-state index in [2.05, 4.69) is 49.4 Å². The van der Waals surface area contributed by atoms with Crippen molar-refractivity contribution in [3.05, 3.63) is 53.6 Å². The van der Waals surface area contributed by atoms with Gasteiger partial charge in [0.15, 0.2) is 0 Å². The molecule has 0 bridgehead atoms. The predicted molar refractivity (Wildman–Crippen MR) is 110 cm³/mol. The average molecular weight is 385 g/mol. The van der Waals surface area contributed by atoms with E-state index in [0.29, 0.717) is 18.9 Å². The molecule has 0 radical (unpaired) electrons. The number of aryl methyl sites for hydroxylation is 1. The first-order valence-corrected chi connectivity index (χ1v) is 10.4. The van der Waals surface area contributed by atoms with Crippen molar-refractivity contribution in [1.82, 2.24) is 0 Å². The van der Waals surface area contributed by atoms with Gasteiger partial charge in [-0.1, -0.05) is 36.0 Å². The molecule has 1 aliphatic heterocycles. The van der Waals surface area contributed by atoms with Crippen molar-refractivity contribution in [1.29, 1.82) is 0 Å². The zero-order valence-corrected chi connectivity index (χ0v) is 17.4. The zero-order valence-electron chi connectivity index (χ0n) is 16.6. The first kappa shape index (κ1) is 19.8. The molecule has 0 spiro atoms. The van der Waals surface area contributed by atoms with Crippen molar-refractivity contribution in [2.75, 3.05) is 6.61 Å². The highest BCUT2D eigenvalue weighted by Gasteiger charge is 2.24. The van der Waals surface area contributed by atoms with E-state index in [4.69, 9.17) is 9.47 Å². The third-order valence-electron chi connectivity index (χ3n) is 4.59. The second kappa shape index (κ2) is 8.39. The smallest absolute Gasteiger partial charge is 0.306 e. The lowest BCUT2D eigenvalue weighted by molar-refractivity contribution is -0.155. The van der Waals surface area contributed by atoms with Crippen LogP contribution in [0.25, 0.3) is 0 Å². The molecule has 144 valence electrons. The number of fused-ring (bicyclic) bond motifs is 1. The van der Waals surface area contributed by atoms with Crippen LogP contribution in [0.15, 0.2) is 52.3 Å². The van der Waals surface area contributed by atoms with Gasteiger partial charge in [0.2, 0.25) is 0 Å². The Kier molecular flexibility index (Phi) is 6.15. The fourth-order valence-corrected chi connectivity index (χ4v) is 4.22. The van der Waals surface area contributed by atoms with Crippen molar-refractivity contribution in [3.63, 3.8) is 0 Å². The van der Waals surface area contributed by atoms with E-state index in [1.807, 2.05) is 20.8 Å². The Balaban J connectivity index is 1.68. The minimum Gasteiger partial charge on any atom is -0.493 e. The largest absolute Gasteiger partial charge is 0.493 e. The molecule has 3 rings (SSSR count). The number of ether oxygens (including phenoxy) is 2. The summed E-state index contributed by atoms with van der Waals surface area (Å²) >= 11 is 1.76. The Labute approximate surface area is 166 Å². The van der Waals surface area contributed by atoms with E-state index in [9.17, 15) is 4.79 Å². The number of benzene rings is 2. The van der Waals surface area contributed by atoms with Crippen LogP contribution in [0.3, 0.4) is 0 Å². The molecule has 1 atom stereocenters. The van der Waals surface area contributed by atoms with Crippen LogP contribution in [0.4, 0.5) is 0 Å². The highest BCUT2D eigenvalue weighted by atomic mass is 32.2. The number of carbonyl (C=O) groups is 1. The monoisotopic (exact) mass is 384 g/mol. The summed E-state index contributed by atoms with van der Waals surface area (Å²) in [6.07, 6.45) is 2.19. The van der Waals surface area contributed by atoms with Gasteiger partial charge in [0.25, 0.3) is 0 Å². The molecule has 0 saturated heterocycles. The Morgan fingerprint density at radius 1 is 1.22 bits per heavy atom. The predicted octanol–water partition coefficient (Wildman–Crippen LogP) is 6.13. The van der Waals surface area contributed by atoms with Gasteiger partial charge in [-0.05, 0) is 75.8 Å². The van der Waals surface area contributed by atoms with E-state index in [0.717, 1.165) is 18.6 Å². The molecule has 1 aliphatic rings. The van der Waals surface area contributed by atoms with Crippen LogP contribution in [0.1, 0.15) is 57.1 Å². The van der Waals surface area contributed by atoms with Crippen LogP contribution in [-0.4, -0.2) is 18.2 Å². The van der Waals surface area contributed by atoms with Gasteiger partial charge in [0, 0.05) is 16.2 Å². The highest BCUT2D eigenvalue weighted by Crippen LogP contribution is 2.40. The molecule has 0 amide bonds. The van der Waals surface area contributed by atoms with Crippen LogP contribution >= 0.6 is 11.8 Å². The highest BCUT2D eigenvalue weighted by molar-refractivity contribution is 7.99. The van der Waals surface area contributed by atoms with E-state index < -0.39 is 5.60 Å². The van der Waals surface area contributed by atoms with E-state index in [1.54, 1.807) is 11.8 Å². The number of rotatable bonds is 5.